The monoisotopic (exact) mass is 621 g/mol. The maximum absolute atomic E-state index is 13.8. The normalized spacial score (nSPS) is 17.2. The molecule has 1 fully saturated rings. The number of pyridine rings is 1. The second-order valence-electron chi connectivity index (χ2n) is 10.7. The van der Waals surface area contributed by atoms with Gasteiger partial charge in [-0.3, -0.25) is 19.3 Å². The Hall–Kier alpha value is -4.82. The number of aryl methyl sites for hydroxylation is 1. The van der Waals surface area contributed by atoms with E-state index in [-0.39, 0.29) is 31.6 Å². The number of carbonyl (C=O) groups is 4. The van der Waals surface area contributed by atoms with E-state index in [1.54, 1.807) is 12.1 Å². The summed E-state index contributed by atoms with van der Waals surface area (Å²) >= 11 is 6.28. The van der Waals surface area contributed by atoms with Crippen molar-refractivity contribution in [1.82, 2.24) is 20.1 Å². The Labute approximate surface area is 257 Å². The van der Waals surface area contributed by atoms with Crippen LogP contribution in [0.1, 0.15) is 34.7 Å². The number of ketones is 1. The second kappa shape index (κ2) is 12.4. The number of carbonyl (C=O) groups excluding carboxylic acids is 4. The number of imide groups is 1. The third kappa shape index (κ3) is 6.12. The number of anilines is 1. The summed E-state index contributed by atoms with van der Waals surface area (Å²) in [6, 6.07) is 8.51. The summed E-state index contributed by atoms with van der Waals surface area (Å²) in [6.07, 6.45) is 1.50. The Morgan fingerprint density at radius 3 is 2.66 bits per heavy atom. The van der Waals surface area contributed by atoms with Gasteiger partial charge in [0.1, 0.15) is 17.6 Å². The van der Waals surface area contributed by atoms with Gasteiger partial charge in [0.25, 0.3) is 0 Å². The van der Waals surface area contributed by atoms with Crippen LogP contribution in [-0.2, 0) is 27.3 Å². The molecular formula is C29H29BClN5O8. The topological polar surface area (TPSA) is 196 Å². The van der Waals surface area contributed by atoms with E-state index in [2.05, 4.69) is 10.3 Å². The molecule has 2 aliphatic heterocycles. The first-order chi connectivity index (χ1) is 20.9. The Morgan fingerprint density at radius 2 is 1.93 bits per heavy atom. The van der Waals surface area contributed by atoms with Crippen molar-refractivity contribution in [3.63, 3.8) is 0 Å². The number of nitrogens with zero attached hydrogens (tertiary/aromatic N) is 3. The number of amides is 4. The van der Waals surface area contributed by atoms with Crippen LogP contribution < -0.4 is 15.7 Å². The van der Waals surface area contributed by atoms with Crippen molar-refractivity contribution in [1.29, 1.82) is 0 Å². The van der Waals surface area contributed by atoms with Gasteiger partial charge in [0.15, 0.2) is 17.3 Å². The number of phenols is 2. The molecule has 2 aromatic carbocycles. The summed E-state index contributed by atoms with van der Waals surface area (Å²) in [4.78, 5) is 58.9. The lowest BCUT2D eigenvalue weighted by atomic mass is 9.64. The minimum atomic E-state index is -1.52. The number of benzene rings is 2. The lowest BCUT2D eigenvalue weighted by Gasteiger charge is -2.34. The highest BCUT2D eigenvalue weighted by atomic mass is 35.5. The Bertz CT molecular complexity index is 1640. The molecule has 3 heterocycles. The first kappa shape index (κ1) is 30.6. The highest BCUT2D eigenvalue weighted by Crippen LogP contribution is 2.40. The van der Waals surface area contributed by atoms with Crippen molar-refractivity contribution < 1.29 is 39.1 Å². The van der Waals surface area contributed by atoms with Crippen molar-refractivity contribution in [2.45, 2.75) is 38.2 Å². The van der Waals surface area contributed by atoms with Crippen LogP contribution in [0.15, 0.2) is 48.7 Å². The number of nitrogens with one attached hydrogen (secondary N) is 1. The fourth-order valence-corrected chi connectivity index (χ4v) is 5.56. The molecule has 0 spiro atoms. The van der Waals surface area contributed by atoms with Crippen molar-refractivity contribution in [3.8, 4) is 17.2 Å². The summed E-state index contributed by atoms with van der Waals surface area (Å²) < 4.78 is 5.69. The number of para-hydroxylation sites is 1. The number of halogens is 1. The standard InChI is InChI=1S/C29H29BClN5O8/c1-15-3-2-4-17-11-18(30(43)44-26(15)17)12-21(38)24(19-6-7-20(37)25(39)23(19)31)34-29(42)36-10-9-35(27(40)28(36)41)14-16-5-8-22(32)33-13-16/h2-8,13,18,24,37,39,43H,9-12,14H2,1H3,(H2,32,33)(H,34,42)/t18-,24?/m1/s1. The van der Waals surface area contributed by atoms with E-state index in [9.17, 15) is 34.4 Å². The smallest absolute Gasteiger partial charge is 0.526 e. The second-order valence-corrected chi connectivity index (χ2v) is 11.1. The molecule has 44 heavy (non-hydrogen) atoms. The molecule has 228 valence electrons. The average molecular weight is 622 g/mol. The van der Waals surface area contributed by atoms with Gasteiger partial charge in [-0.1, -0.05) is 41.9 Å². The van der Waals surface area contributed by atoms with Gasteiger partial charge in [0.05, 0.1) is 5.02 Å². The number of piperazine rings is 1. The minimum Gasteiger partial charge on any atom is -0.536 e. The summed E-state index contributed by atoms with van der Waals surface area (Å²) in [5, 5.41) is 32.9. The van der Waals surface area contributed by atoms with Crippen LogP contribution in [0, 0.1) is 6.92 Å². The first-order valence-corrected chi connectivity index (χ1v) is 14.1. The molecule has 0 aliphatic carbocycles. The Morgan fingerprint density at radius 1 is 1.16 bits per heavy atom. The van der Waals surface area contributed by atoms with Crippen molar-refractivity contribution in [2.24, 2.45) is 0 Å². The fourth-order valence-electron chi connectivity index (χ4n) is 5.29. The van der Waals surface area contributed by atoms with Gasteiger partial charge in [0, 0.05) is 43.6 Å². The van der Waals surface area contributed by atoms with Crippen molar-refractivity contribution in [2.75, 3.05) is 18.8 Å². The highest BCUT2D eigenvalue weighted by molar-refractivity contribution is 6.47. The number of phenolic OH excluding ortho intramolecular Hbond substituents is 2. The van der Waals surface area contributed by atoms with Gasteiger partial charge < -0.3 is 35.8 Å². The Kier molecular flexibility index (Phi) is 8.65. The number of rotatable bonds is 7. The quantitative estimate of drug-likeness (QED) is 0.148. The number of hydrogen-bond donors (Lipinski definition) is 5. The number of hydrogen-bond acceptors (Lipinski definition) is 10. The molecule has 1 aromatic heterocycles. The molecule has 5 rings (SSSR count). The molecule has 0 saturated carbocycles. The molecule has 2 aliphatic rings. The lowest BCUT2D eigenvalue weighted by molar-refractivity contribution is -0.154. The predicted octanol–water partition coefficient (Wildman–Crippen LogP) is 2.10. The van der Waals surface area contributed by atoms with E-state index in [0.717, 1.165) is 17.2 Å². The van der Waals surface area contributed by atoms with Crippen LogP contribution in [0.2, 0.25) is 10.8 Å². The van der Waals surface area contributed by atoms with E-state index in [0.29, 0.717) is 28.5 Å². The summed E-state index contributed by atoms with van der Waals surface area (Å²) in [6.45, 7) is 1.76. The number of fused-ring (bicyclic) bond motifs is 1. The zero-order chi connectivity index (χ0) is 31.7. The number of urea groups is 1. The molecular weight excluding hydrogens is 593 g/mol. The molecule has 15 heteroatoms. The summed E-state index contributed by atoms with van der Waals surface area (Å²) in [5.74, 6) is -3.78. The molecule has 3 aromatic rings. The van der Waals surface area contributed by atoms with Crippen LogP contribution in [0.3, 0.4) is 0 Å². The maximum Gasteiger partial charge on any atom is 0.526 e. The van der Waals surface area contributed by atoms with E-state index >= 15 is 0 Å². The van der Waals surface area contributed by atoms with Crippen LogP contribution in [0.5, 0.6) is 17.2 Å². The molecule has 4 amide bonds. The van der Waals surface area contributed by atoms with Gasteiger partial charge in [-0.05, 0) is 42.2 Å². The van der Waals surface area contributed by atoms with Gasteiger partial charge >= 0.3 is 25.0 Å². The fraction of sp³-hybridized carbons (Fsp3) is 0.276. The molecule has 1 unspecified atom stereocenters. The van der Waals surface area contributed by atoms with Gasteiger partial charge in [-0.15, -0.1) is 0 Å². The number of nitrogen functional groups attached to an aromatic ring is 1. The molecule has 2 atom stereocenters. The summed E-state index contributed by atoms with van der Waals surface area (Å²) in [5.41, 5.74) is 7.80. The largest absolute Gasteiger partial charge is 0.536 e. The molecule has 0 radical (unpaired) electrons. The molecule has 13 nitrogen and oxygen atoms in total. The molecule has 0 bridgehead atoms. The molecule has 1 saturated heterocycles. The number of nitrogens with two attached hydrogens (primary N) is 1. The number of Topliss-reactive ketones (excluding diaryl/α,β-unsaturated/α-hetero) is 1. The summed E-state index contributed by atoms with van der Waals surface area (Å²) in [7, 11) is -1.32. The van der Waals surface area contributed by atoms with E-state index in [1.165, 1.54) is 17.2 Å². The van der Waals surface area contributed by atoms with Crippen molar-refractivity contribution in [3.05, 3.63) is 75.9 Å². The third-order valence-electron chi connectivity index (χ3n) is 7.68. The van der Waals surface area contributed by atoms with Gasteiger partial charge in [0.2, 0.25) is 0 Å². The SMILES string of the molecule is Cc1cccc2c1OB(O)[C@@H](CC(=O)C(NC(=O)N1CCN(Cc3ccc(N)nc3)C(=O)C1=O)c1ccc(O)c(O)c1Cl)C2. The van der Waals surface area contributed by atoms with Crippen LogP contribution >= 0.6 is 11.6 Å². The lowest BCUT2D eigenvalue weighted by Crippen LogP contribution is -2.58. The van der Waals surface area contributed by atoms with Crippen LogP contribution in [0.25, 0.3) is 0 Å². The minimum absolute atomic E-state index is 0.0200. The average Bonchev–Trinajstić information content (AvgIpc) is 2.99. The highest BCUT2D eigenvalue weighted by Gasteiger charge is 2.41. The maximum atomic E-state index is 13.8. The number of aromatic hydroxyl groups is 2. The number of aromatic nitrogens is 1. The zero-order valence-corrected chi connectivity index (χ0v) is 24.3. The molecule has 6 N–H and O–H groups in total. The van der Waals surface area contributed by atoms with E-state index < -0.39 is 59.1 Å². The third-order valence-corrected chi connectivity index (χ3v) is 8.08. The van der Waals surface area contributed by atoms with E-state index in [1.807, 2.05) is 25.1 Å². The van der Waals surface area contributed by atoms with Crippen LogP contribution in [-0.4, -0.2) is 73.9 Å². The first-order valence-electron chi connectivity index (χ1n) is 13.7. The van der Waals surface area contributed by atoms with Gasteiger partial charge in [-0.2, -0.15) is 0 Å². The Balaban J connectivity index is 1.35. The zero-order valence-electron chi connectivity index (χ0n) is 23.6. The predicted molar refractivity (Wildman–Crippen MR) is 159 cm³/mol. The van der Waals surface area contributed by atoms with Gasteiger partial charge in [-0.25, -0.2) is 9.78 Å². The van der Waals surface area contributed by atoms with Crippen molar-refractivity contribution >= 4 is 48.2 Å². The van der Waals surface area contributed by atoms with E-state index in [4.69, 9.17) is 22.0 Å². The van der Waals surface area contributed by atoms with Crippen LogP contribution in [0.4, 0.5) is 10.6 Å².